The van der Waals surface area contributed by atoms with Crippen molar-refractivity contribution in [3.05, 3.63) is 0 Å². The number of rotatable bonds is 4. The monoisotopic (exact) mass is 199 g/mol. The van der Waals surface area contributed by atoms with E-state index >= 15 is 0 Å². The molecule has 0 unspecified atom stereocenters. The summed E-state index contributed by atoms with van der Waals surface area (Å²) in [7, 11) is 1.71. The third-order valence-corrected chi connectivity index (χ3v) is 1.73. The van der Waals surface area contributed by atoms with Crippen LogP contribution in [0.3, 0.4) is 0 Å². The average Bonchev–Trinajstić information content (AvgIpc) is 2.59. The smallest absolute Gasteiger partial charge is 0.317 e. The normalized spacial score (nSPS) is 9.86. The summed E-state index contributed by atoms with van der Waals surface area (Å²) in [4.78, 5) is 12.9. The van der Waals surface area contributed by atoms with Gasteiger partial charge in [0, 0.05) is 13.6 Å². The van der Waals surface area contributed by atoms with Gasteiger partial charge in [-0.3, -0.25) is 4.79 Å². The number of nitrogens with zero attached hydrogens (tertiary/aromatic N) is 3. The van der Waals surface area contributed by atoms with Crippen molar-refractivity contribution in [2.75, 3.05) is 31.2 Å². The Morgan fingerprint density at radius 3 is 2.86 bits per heavy atom. The summed E-state index contributed by atoms with van der Waals surface area (Å²) < 4.78 is 4.82. The van der Waals surface area contributed by atoms with Crippen LogP contribution in [0.2, 0.25) is 0 Å². The molecule has 7 heteroatoms. The van der Waals surface area contributed by atoms with Gasteiger partial charge in [-0.2, -0.15) is 0 Å². The second-order valence-electron chi connectivity index (χ2n) is 2.71. The maximum atomic E-state index is 11.3. The number of anilines is 2. The summed E-state index contributed by atoms with van der Waals surface area (Å²) in [5.74, 6) is -0.0516. The van der Waals surface area contributed by atoms with Crippen LogP contribution in [0.15, 0.2) is 4.42 Å². The quantitative estimate of drug-likeness (QED) is 0.681. The van der Waals surface area contributed by atoms with E-state index in [0.29, 0.717) is 6.54 Å². The van der Waals surface area contributed by atoms with Crippen molar-refractivity contribution in [1.29, 1.82) is 0 Å². The Morgan fingerprint density at radius 1 is 1.64 bits per heavy atom. The van der Waals surface area contributed by atoms with Gasteiger partial charge in [-0.05, 0) is 6.92 Å². The molecule has 1 amide bonds. The predicted octanol–water partition coefficient (Wildman–Crippen LogP) is -0.458. The van der Waals surface area contributed by atoms with E-state index in [1.54, 1.807) is 11.9 Å². The first-order chi connectivity index (χ1) is 6.63. The average molecular weight is 199 g/mol. The van der Waals surface area contributed by atoms with E-state index in [9.17, 15) is 4.79 Å². The van der Waals surface area contributed by atoms with Crippen molar-refractivity contribution in [3.8, 4) is 0 Å². The fraction of sp³-hybridized carbons (Fsp3) is 0.571. The number of hydrogen-bond donors (Lipinski definition) is 2. The maximum absolute atomic E-state index is 11.3. The zero-order valence-electron chi connectivity index (χ0n) is 8.15. The molecule has 0 aromatic carbocycles. The van der Waals surface area contributed by atoms with Gasteiger partial charge in [0.25, 0.3) is 0 Å². The number of nitrogens with one attached hydrogen (secondary N) is 1. The Labute approximate surface area is 81.3 Å². The molecule has 0 bridgehead atoms. The van der Waals surface area contributed by atoms with Crippen LogP contribution in [0.25, 0.3) is 0 Å². The first kappa shape index (κ1) is 10.3. The lowest BCUT2D eigenvalue weighted by molar-refractivity contribution is -0.127. The third kappa shape index (κ3) is 2.61. The molecule has 0 spiro atoms. The van der Waals surface area contributed by atoms with Crippen molar-refractivity contribution in [3.63, 3.8) is 0 Å². The van der Waals surface area contributed by atoms with Gasteiger partial charge in [-0.1, -0.05) is 10.2 Å². The molecule has 1 aromatic rings. The zero-order valence-corrected chi connectivity index (χ0v) is 8.15. The number of nitrogens with two attached hydrogens (primary N) is 1. The minimum Gasteiger partial charge on any atom is -0.390 e. The third-order valence-electron chi connectivity index (χ3n) is 1.73. The van der Waals surface area contributed by atoms with Crippen molar-refractivity contribution >= 4 is 17.9 Å². The molecular formula is C7H13N5O2. The first-order valence-electron chi connectivity index (χ1n) is 4.20. The highest BCUT2D eigenvalue weighted by Gasteiger charge is 2.08. The number of amides is 1. The lowest BCUT2D eigenvalue weighted by Gasteiger charge is -2.13. The van der Waals surface area contributed by atoms with Crippen LogP contribution in [0.5, 0.6) is 0 Å². The molecule has 7 nitrogen and oxygen atoms in total. The van der Waals surface area contributed by atoms with Gasteiger partial charge in [-0.25, -0.2) is 0 Å². The molecule has 0 aliphatic rings. The number of nitrogen functional groups attached to an aromatic ring is 1. The van der Waals surface area contributed by atoms with Crippen LogP contribution in [-0.4, -0.2) is 41.1 Å². The van der Waals surface area contributed by atoms with Gasteiger partial charge < -0.3 is 20.4 Å². The Balaban J connectivity index is 2.37. The topological polar surface area (TPSA) is 97.3 Å². The van der Waals surface area contributed by atoms with Crippen LogP contribution < -0.4 is 11.1 Å². The molecule has 1 rings (SSSR count). The molecule has 0 radical (unpaired) electrons. The summed E-state index contributed by atoms with van der Waals surface area (Å²) in [6.45, 7) is 2.67. The van der Waals surface area contributed by atoms with Gasteiger partial charge in [0.05, 0.1) is 6.54 Å². The van der Waals surface area contributed by atoms with E-state index in [0.717, 1.165) is 0 Å². The summed E-state index contributed by atoms with van der Waals surface area (Å²) in [5.41, 5.74) is 5.20. The van der Waals surface area contributed by atoms with E-state index in [-0.39, 0.29) is 24.5 Å². The molecule has 1 aromatic heterocycles. The minimum atomic E-state index is -0.0516. The van der Waals surface area contributed by atoms with Gasteiger partial charge in [0.1, 0.15) is 0 Å². The van der Waals surface area contributed by atoms with Crippen LogP contribution >= 0.6 is 0 Å². The van der Waals surface area contributed by atoms with E-state index in [2.05, 4.69) is 15.5 Å². The molecule has 0 aliphatic heterocycles. The highest BCUT2D eigenvalue weighted by atomic mass is 16.4. The summed E-state index contributed by atoms with van der Waals surface area (Å²) in [6.07, 6.45) is 0. The van der Waals surface area contributed by atoms with Crippen molar-refractivity contribution in [2.45, 2.75) is 6.92 Å². The second-order valence-corrected chi connectivity index (χ2v) is 2.71. The van der Waals surface area contributed by atoms with Gasteiger partial charge in [-0.15, -0.1) is 0 Å². The van der Waals surface area contributed by atoms with Crippen LogP contribution in [-0.2, 0) is 4.79 Å². The molecule has 1 heterocycles. The van der Waals surface area contributed by atoms with Gasteiger partial charge in [0.2, 0.25) is 5.91 Å². The lowest BCUT2D eigenvalue weighted by atomic mass is 10.5. The molecule has 3 N–H and O–H groups in total. The van der Waals surface area contributed by atoms with E-state index in [1.165, 1.54) is 0 Å². The van der Waals surface area contributed by atoms with Crippen molar-refractivity contribution in [2.24, 2.45) is 0 Å². The van der Waals surface area contributed by atoms with Crippen LogP contribution in [0.4, 0.5) is 12.0 Å². The van der Waals surface area contributed by atoms with E-state index < -0.39 is 0 Å². The molecule has 0 atom stereocenters. The predicted molar refractivity (Wildman–Crippen MR) is 50.5 cm³/mol. The largest absolute Gasteiger partial charge is 0.390 e. The molecular weight excluding hydrogens is 186 g/mol. The number of carbonyl (C=O) groups is 1. The standard InChI is InChI=1S/C7H13N5O2/c1-3-12(2)5(13)4-9-7-11-10-6(8)14-7/h3-4H2,1-2H3,(H2,8,10)(H,9,11). The van der Waals surface area contributed by atoms with Gasteiger partial charge >= 0.3 is 12.0 Å². The zero-order chi connectivity index (χ0) is 10.6. The molecule has 0 saturated carbocycles. The molecule has 14 heavy (non-hydrogen) atoms. The molecule has 0 saturated heterocycles. The van der Waals surface area contributed by atoms with E-state index in [1.807, 2.05) is 6.92 Å². The fourth-order valence-corrected chi connectivity index (χ4v) is 0.769. The summed E-state index contributed by atoms with van der Waals surface area (Å²) in [5, 5.41) is 9.65. The first-order valence-corrected chi connectivity index (χ1v) is 4.20. The van der Waals surface area contributed by atoms with Crippen molar-refractivity contribution in [1.82, 2.24) is 15.1 Å². The Bertz CT molecular complexity index is 311. The molecule has 78 valence electrons. The SMILES string of the molecule is CCN(C)C(=O)CNc1nnc(N)o1. The van der Waals surface area contributed by atoms with E-state index in [4.69, 9.17) is 10.2 Å². The molecule has 0 aliphatic carbocycles. The number of carbonyl (C=O) groups excluding carboxylic acids is 1. The fourth-order valence-electron chi connectivity index (χ4n) is 0.769. The van der Waals surface area contributed by atoms with Crippen molar-refractivity contribution < 1.29 is 9.21 Å². The number of hydrogen-bond acceptors (Lipinski definition) is 6. The highest BCUT2D eigenvalue weighted by molar-refractivity contribution is 5.79. The minimum absolute atomic E-state index is 0.0243. The summed E-state index contributed by atoms with van der Waals surface area (Å²) >= 11 is 0. The van der Waals surface area contributed by atoms with Crippen LogP contribution in [0.1, 0.15) is 6.92 Å². The number of aromatic nitrogens is 2. The molecule has 0 fully saturated rings. The second kappa shape index (κ2) is 4.45. The van der Waals surface area contributed by atoms with Gasteiger partial charge in [0.15, 0.2) is 0 Å². The number of likely N-dealkylation sites (N-methyl/N-ethyl adjacent to an activating group) is 1. The lowest BCUT2D eigenvalue weighted by Crippen LogP contribution is -2.31. The Kier molecular flexibility index (Phi) is 3.27. The van der Waals surface area contributed by atoms with Crippen LogP contribution in [0, 0.1) is 0 Å². The Morgan fingerprint density at radius 2 is 2.36 bits per heavy atom. The summed E-state index contributed by atoms with van der Waals surface area (Å²) in [6, 6.07) is 0.129. The Hall–Kier alpha value is -1.79. The maximum Gasteiger partial charge on any atom is 0.317 e. The highest BCUT2D eigenvalue weighted by Crippen LogP contribution is 2.05.